The Morgan fingerprint density at radius 3 is 2.38 bits per heavy atom. The summed E-state index contributed by atoms with van der Waals surface area (Å²) in [6.45, 7) is 9.24. The second-order valence-corrected chi connectivity index (χ2v) is 13.3. The summed E-state index contributed by atoms with van der Waals surface area (Å²) in [4.78, 5) is 9.63. The van der Waals surface area contributed by atoms with Gasteiger partial charge in [-0.1, -0.05) is 76.8 Å². The summed E-state index contributed by atoms with van der Waals surface area (Å²) in [5.74, 6) is 0.828. The second-order valence-electron chi connectivity index (χ2n) is 13.3. The Balaban J connectivity index is 1.51. The zero-order chi connectivity index (χ0) is 26.5. The van der Waals surface area contributed by atoms with Crippen molar-refractivity contribution in [1.29, 1.82) is 0 Å². The van der Waals surface area contributed by atoms with Crippen LogP contribution >= 0.6 is 0 Å². The molecule has 3 aromatic heterocycles. The quantitative estimate of drug-likeness (QED) is 0.175. The van der Waals surface area contributed by atoms with Gasteiger partial charge in [0.25, 0.3) is 0 Å². The molecule has 0 aliphatic heterocycles. The SMILES string of the molecule is Cc1c2ccc(CC(C)(C)C)cc2cc2c3ncnc4ccc5c6ccc(CC7CCCC7)cc6n(c12)c5c43. The number of aromatic nitrogens is 3. The van der Waals surface area contributed by atoms with Crippen molar-refractivity contribution in [1.82, 2.24) is 14.4 Å². The summed E-state index contributed by atoms with van der Waals surface area (Å²) in [5.41, 5.74) is 10.4. The highest BCUT2D eigenvalue weighted by molar-refractivity contribution is 6.28. The number of benzene rings is 4. The van der Waals surface area contributed by atoms with Crippen LogP contribution in [0.3, 0.4) is 0 Å². The molecule has 0 saturated heterocycles. The first kappa shape index (κ1) is 23.2. The Hall–Kier alpha value is -3.72. The average Bonchev–Trinajstić information content (AvgIpc) is 3.53. The monoisotopic (exact) mass is 509 g/mol. The van der Waals surface area contributed by atoms with Crippen molar-refractivity contribution < 1.29 is 0 Å². The molecule has 4 aromatic carbocycles. The van der Waals surface area contributed by atoms with Gasteiger partial charge >= 0.3 is 0 Å². The predicted molar refractivity (Wildman–Crippen MR) is 165 cm³/mol. The summed E-state index contributed by atoms with van der Waals surface area (Å²) < 4.78 is 2.55. The van der Waals surface area contributed by atoms with Gasteiger partial charge in [0.2, 0.25) is 0 Å². The molecule has 39 heavy (non-hydrogen) atoms. The highest BCUT2D eigenvalue weighted by Crippen LogP contribution is 2.43. The molecule has 0 spiro atoms. The molecule has 3 heterocycles. The number of aryl methyl sites for hydroxylation is 1. The maximum atomic E-state index is 4.92. The largest absolute Gasteiger partial charge is 0.307 e. The lowest BCUT2D eigenvalue weighted by atomic mass is 9.87. The Morgan fingerprint density at radius 1 is 0.795 bits per heavy atom. The van der Waals surface area contributed by atoms with Gasteiger partial charge in [-0.15, -0.1) is 0 Å². The van der Waals surface area contributed by atoms with E-state index in [-0.39, 0.29) is 5.41 Å². The number of rotatable bonds is 3. The van der Waals surface area contributed by atoms with Gasteiger partial charge in [-0.05, 0) is 82.8 Å². The molecule has 0 unspecified atom stereocenters. The van der Waals surface area contributed by atoms with Crippen molar-refractivity contribution in [3.8, 4) is 0 Å². The first-order valence-electron chi connectivity index (χ1n) is 14.6. The third-order valence-corrected chi connectivity index (χ3v) is 9.24. The van der Waals surface area contributed by atoms with Crippen molar-refractivity contribution in [2.24, 2.45) is 11.3 Å². The van der Waals surface area contributed by atoms with E-state index in [0.29, 0.717) is 0 Å². The fourth-order valence-electron chi connectivity index (χ4n) is 7.62. The number of hydrogen-bond acceptors (Lipinski definition) is 2. The van der Waals surface area contributed by atoms with Gasteiger partial charge < -0.3 is 4.40 Å². The first-order valence-corrected chi connectivity index (χ1v) is 14.6. The van der Waals surface area contributed by atoms with E-state index in [1.165, 1.54) is 97.7 Å². The van der Waals surface area contributed by atoms with Crippen molar-refractivity contribution in [3.63, 3.8) is 0 Å². The number of hydrogen-bond donors (Lipinski definition) is 0. The van der Waals surface area contributed by atoms with Crippen molar-refractivity contribution in [2.75, 3.05) is 0 Å². The molecule has 8 rings (SSSR count). The lowest BCUT2D eigenvalue weighted by Crippen LogP contribution is -2.09. The minimum absolute atomic E-state index is 0.251. The number of fused-ring (bicyclic) bond motifs is 7. The fraction of sp³-hybridized carbons (Fsp3) is 0.333. The Labute approximate surface area is 229 Å². The van der Waals surface area contributed by atoms with E-state index in [0.717, 1.165) is 23.4 Å². The van der Waals surface area contributed by atoms with Crippen LogP contribution in [0.15, 0.2) is 60.9 Å². The highest BCUT2D eigenvalue weighted by atomic mass is 14.9. The summed E-state index contributed by atoms with van der Waals surface area (Å²) in [5, 5.41) is 7.65. The van der Waals surface area contributed by atoms with Gasteiger partial charge in [0, 0.05) is 16.2 Å². The van der Waals surface area contributed by atoms with Gasteiger partial charge in [0.1, 0.15) is 6.33 Å². The second kappa shape index (κ2) is 8.14. The standard InChI is InChI=1S/C36H35N3/c1-21-26-11-10-24(19-36(2,3)4)16-25(26)18-29-33-32-30(37-20-38-33)14-13-28-27-12-9-23(15-22-7-5-6-8-22)17-31(27)39(34(21)29)35(28)32/h9-14,16-18,20,22H,5-8,15,19H2,1-4H3. The first-order chi connectivity index (χ1) is 18.9. The lowest BCUT2D eigenvalue weighted by molar-refractivity contribution is 0.411. The lowest BCUT2D eigenvalue weighted by Gasteiger charge is -2.19. The van der Waals surface area contributed by atoms with E-state index in [1.54, 1.807) is 6.33 Å². The summed E-state index contributed by atoms with van der Waals surface area (Å²) in [6.07, 6.45) is 9.51. The van der Waals surface area contributed by atoms with E-state index in [2.05, 4.69) is 86.7 Å². The third-order valence-electron chi connectivity index (χ3n) is 9.24. The molecular formula is C36H35N3. The van der Waals surface area contributed by atoms with Crippen molar-refractivity contribution in [3.05, 3.63) is 77.6 Å². The molecule has 3 heteroatoms. The zero-order valence-electron chi connectivity index (χ0n) is 23.4. The Kier molecular flexibility index (Phi) is 4.84. The summed E-state index contributed by atoms with van der Waals surface area (Å²) >= 11 is 0. The van der Waals surface area contributed by atoms with E-state index >= 15 is 0 Å². The maximum Gasteiger partial charge on any atom is 0.116 e. The zero-order valence-corrected chi connectivity index (χ0v) is 23.4. The Morgan fingerprint density at radius 2 is 1.56 bits per heavy atom. The molecule has 0 N–H and O–H groups in total. The molecule has 0 radical (unpaired) electrons. The molecule has 0 amide bonds. The molecule has 1 aliphatic rings. The highest BCUT2D eigenvalue weighted by Gasteiger charge is 2.23. The predicted octanol–water partition coefficient (Wildman–Crippen LogP) is 9.56. The molecule has 1 saturated carbocycles. The molecule has 1 fully saturated rings. The van der Waals surface area contributed by atoms with E-state index in [4.69, 9.17) is 9.97 Å². The summed E-state index contributed by atoms with van der Waals surface area (Å²) in [6, 6.07) is 21.1. The fourth-order valence-corrected chi connectivity index (χ4v) is 7.62. The van der Waals surface area contributed by atoms with Crippen LogP contribution in [0.5, 0.6) is 0 Å². The molecular weight excluding hydrogens is 474 g/mol. The Bertz CT molecular complexity index is 2070. The van der Waals surface area contributed by atoms with E-state index in [1.807, 2.05) is 0 Å². The van der Waals surface area contributed by atoms with Crippen LogP contribution in [0.1, 0.15) is 63.1 Å². The third kappa shape index (κ3) is 3.48. The van der Waals surface area contributed by atoms with Crippen LogP contribution in [-0.2, 0) is 12.8 Å². The van der Waals surface area contributed by atoms with Gasteiger partial charge in [-0.3, -0.25) is 0 Å². The van der Waals surface area contributed by atoms with E-state index in [9.17, 15) is 0 Å². The smallest absolute Gasteiger partial charge is 0.116 e. The van der Waals surface area contributed by atoms with Crippen molar-refractivity contribution in [2.45, 2.75) is 66.2 Å². The van der Waals surface area contributed by atoms with Crippen LogP contribution < -0.4 is 0 Å². The molecule has 194 valence electrons. The van der Waals surface area contributed by atoms with Crippen LogP contribution in [0, 0.1) is 18.3 Å². The molecule has 1 aliphatic carbocycles. The molecule has 7 aromatic rings. The summed E-state index contributed by atoms with van der Waals surface area (Å²) in [7, 11) is 0. The maximum absolute atomic E-state index is 4.92. The van der Waals surface area contributed by atoms with Gasteiger partial charge in [0.05, 0.1) is 33.0 Å². The minimum atomic E-state index is 0.251. The molecule has 0 bridgehead atoms. The molecule has 3 nitrogen and oxygen atoms in total. The van der Waals surface area contributed by atoms with Crippen LogP contribution in [-0.4, -0.2) is 14.4 Å². The van der Waals surface area contributed by atoms with Gasteiger partial charge in [0.15, 0.2) is 0 Å². The normalized spacial score (nSPS) is 15.4. The number of pyridine rings is 1. The van der Waals surface area contributed by atoms with Crippen molar-refractivity contribution >= 4 is 59.9 Å². The van der Waals surface area contributed by atoms with Gasteiger partial charge in [-0.25, -0.2) is 9.97 Å². The number of nitrogens with zero attached hydrogens (tertiary/aromatic N) is 3. The van der Waals surface area contributed by atoms with Crippen LogP contribution in [0.25, 0.3) is 59.9 Å². The van der Waals surface area contributed by atoms with Crippen LogP contribution in [0.4, 0.5) is 0 Å². The minimum Gasteiger partial charge on any atom is -0.307 e. The van der Waals surface area contributed by atoms with Crippen LogP contribution in [0.2, 0.25) is 0 Å². The molecule has 0 atom stereocenters. The average molecular weight is 510 g/mol. The van der Waals surface area contributed by atoms with Gasteiger partial charge in [-0.2, -0.15) is 0 Å². The topological polar surface area (TPSA) is 30.2 Å². The van der Waals surface area contributed by atoms with E-state index < -0.39 is 0 Å².